The van der Waals surface area contributed by atoms with Gasteiger partial charge < -0.3 is 0 Å². The van der Waals surface area contributed by atoms with E-state index in [1.54, 1.807) is 30.3 Å². The lowest BCUT2D eigenvalue weighted by molar-refractivity contribution is -0.124. The topological polar surface area (TPSA) is 29.4 Å². The lowest BCUT2D eigenvalue weighted by Crippen LogP contribution is -2.48. The first kappa shape index (κ1) is 9.99. The Balaban J connectivity index is 2.35. The standard InChI is InChI=1S/C11H9F2NO/c12-11(13)6-10(7-11,14-8-15)9-4-2-1-3-5-9/h1-5H,6-7H2. The van der Waals surface area contributed by atoms with Crippen molar-refractivity contribution in [2.45, 2.75) is 24.3 Å². The first-order valence-electron chi connectivity index (χ1n) is 4.60. The predicted molar refractivity (Wildman–Crippen MR) is 50.4 cm³/mol. The molecule has 0 spiro atoms. The molecule has 0 aliphatic heterocycles. The Morgan fingerprint density at radius 3 is 2.27 bits per heavy atom. The summed E-state index contributed by atoms with van der Waals surface area (Å²) in [6.07, 6.45) is 0.581. The zero-order chi connectivity index (χ0) is 10.9. The van der Waals surface area contributed by atoms with Gasteiger partial charge in [-0.3, -0.25) is 0 Å². The molecule has 2 rings (SSSR count). The average molecular weight is 209 g/mol. The molecule has 1 saturated carbocycles. The number of rotatable bonds is 2. The monoisotopic (exact) mass is 209 g/mol. The van der Waals surface area contributed by atoms with Crippen molar-refractivity contribution in [3.63, 3.8) is 0 Å². The van der Waals surface area contributed by atoms with Crippen LogP contribution >= 0.6 is 0 Å². The molecule has 1 aromatic carbocycles. The third-order valence-corrected chi connectivity index (χ3v) is 2.67. The highest BCUT2D eigenvalue weighted by molar-refractivity contribution is 5.40. The van der Waals surface area contributed by atoms with Crippen molar-refractivity contribution in [3.05, 3.63) is 35.9 Å². The molecule has 0 saturated heterocycles. The van der Waals surface area contributed by atoms with Gasteiger partial charge in [0.15, 0.2) is 0 Å². The van der Waals surface area contributed by atoms with Crippen LogP contribution < -0.4 is 0 Å². The molecule has 4 heteroatoms. The van der Waals surface area contributed by atoms with Gasteiger partial charge in [-0.15, -0.1) is 0 Å². The van der Waals surface area contributed by atoms with E-state index in [0.717, 1.165) is 0 Å². The van der Waals surface area contributed by atoms with E-state index in [1.807, 2.05) is 0 Å². The van der Waals surface area contributed by atoms with E-state index in [2.05, 4.69) is 4.99 Å². The van der Waals surface area contributed by atoms with Gasteiger partial charge in [0.2, 0.25) is 6.08 Å². The summed E-state index contributed by atoms with van der Waals surface area (Å²) in [5.41, 5.74) is -0.397. The number of carbonyl (C=O) groups excluding carboxylic acids is 1. The summed E-state index contributed by atoms with van der Waals surface area (Å²) in [6.45, 7) is 0. The lowest BCUT2D eigenvalue weighted by atomic mass is 9.69. The van der Waals surface area contributed by atoms with E-state index in [0.29, 0.717) is 5.56 Å². The van der Waals surface area contributed by atoms with Crippen LogP contribution in [0, 0.1) is 0 Å². The zero-order valence-electron chi connectivity index (χ0n) is 7.91. The molecule has 2 nitrogen and oxygen atoms in total. The highest BCUT2D eigenvalue weighted by atomic mass is 19.3. The third kappa shape index (κ3) is 1.68. The molecular weight excluding hydrogens is 200 g/mol. The van der Waals surface area contributed by atoms with E-state index in [4.69, 9.17) is 0 Å². The van der Waals surface area contributed by atoms with Gasteiger partial charge in [-0.2, -0.15) is 4.99 Å². The second-order valence-electron chi connectivity index (χ2n) is 3.81. The molecule has 0 heterocycles. The van der Waals surface area contributed by atoms with Crippen molar-refractivity contribution in [1.29, 1.82) is 0 Å². The fourth-order valence-electron chi connectivity index (χ4n) is 1.99. The van der Waals surface area contributed by atoms with Gasteiger partial charge in [0, 0.05) is 12.8 Å². The van der Waals surface area contributed by atoms with Crippen LogP contribution in [0.15, 0.2) is 35.3 Å². The van der Waals surface area contributed by atoms with Crippen molar-refractivity contribution in [2.75, 3.05) is 0 Å². The summed E-state index contributed by atoms with van der Waals surface area (Å²) < 4.78 is 25.7. The number of benzene rings is 1. The number of halogens is 2. The number of aliphatic imine (C=N–C) groups is 1. The fourth-order valence-corrected chi connectivity index (χ4v) is 1.99. The Bertz CT molecular complexity index is 402. The van der Waals surface area contributed by atoms with Crippen LogP contribution in [-0.2, 0) is 10.3 Å². The van der Waals surface area contributed by atoms with Crippen LogP contribution in [0.3, 0.4) is 0 Å². The first-order chi connectivity index (χ1) is 7.08. The third-order valence-electron chi connectivity index (χ3n) is 2.67. The Kier molecular flexibility index (Phi) is 2.16. The highest BCUT2D eigenvalue weighted by Crippen LogP contribution is 2.53. The smallest absolute Gasteiger partial charge is 0.211 e. The Hall–Kier alpha value is -1.54. The van der Waals surface area contributed by atoms with Crippen LogP contribution in [-0.4, -0.2) is 12.0 Å². The van der Waals surface area contributed by atoms with Gasteiger partial charge in [0.05, 0.1) is 0 Å². The van der Waals surface area contributed by atoms with E-state index < -0.39 is 24.3 Å². The molecule has 0 bridgehead atoms. The normalized spacial score (nSPS) is 21.2. The molecule has 0 atom stereocenters. The number of hydrogen-bond acceptors (Lipinski definition) is 2. The van der Waals surface area contributed by atoms with Gasteiger partial charge in [-0.05, 0) is 5.56 Å². The molecule has 15 heavy (non-hydrogen) atoms. The minimum Gasteiger partial charge on any atom is -0.211 e. The molecule has 0 aromatic heterocycles. The maximum absolute atomic E-state index is 12.9. The molecule has 0 N–H and O–H groups in total. The SMILES string of the molecule is O=C=NC1(c2ccccc2)CC(F)(F)C1. The van der Waals surface area contributed by atoms with E-state index in [-0.39, 0.29) is 0 Å². The minimum absolute atomic E-state index is 0.404. The molecule has 0 amide bonds. The highest BCUT2D eigenvalue weighted by Gasteiger charge is 2.58. The van der Waals surface area contributed by atoms with Crippen molar-refractivity contribution in [3.8, 4) is 0 Å². The van der Waals surface area contributed by atoms with Crippen LogP contribution in [0.25, 0.3) is 0 Å². The van der Waals surface area contributed by atoms with Gasteiger partial charge in [-0.1, -0.05) is 30.3 Å². The van der Waals surface area contributed by atoms with E-state index in [9.17, 15) is 13.6 Å². The molecule has 1 fully saturated rings. The number of alkyl halides is 2. The Morgan fingerprint density at radius 2 is 1.80 bits per heavy atom. The minimum atomic E-state index is -2.71. The van der Waals surface area contributed by atoms with Gasteiger partial charge in [0.25, 0.3) is 5.92 Å². The van der Waals surface area contributed by atoms with Crippen LogP contribution in [0.2, 0.25) is 0 Å². The quantitative estimate of drug-likeness (QED) is 0.543. The number of isocyanates is 1. The first-order valence-corrected chi connectivity index (χ1v) is 4.60. The molecule has 1 aromatic rings. The van der Waals surface area contributed by atoms with Crippen LogP contribution in [0.1, 0.15) is 18.4 Å². The Morgan fingerprint density at radius 1 is 1.20 bits per heavy atom. The summed E-state index contributed by atoms with van der Waals surface area (Å²) in [5.74, 6) is -2.71. The van der Waals surface area contributed by atoms with E-state index >= 15 is 0 Å². The van der Waals surface area contributed by atoms with Gasteiger partial charge >= 0.3 is 0 Å². The maximum atomic E-state index is 12.9. The van der Waals surface area contributed by atoms with Crippen molar-refractivity contribution in [2.24, 2.45) is 4.99 Å². The van der Waals surface area contributed by atoms with Crippen LogP contribution in [0.4, 0.5) is 8.78 Å². The zero-order valence-corrected chi connectivity index (χ0v) is 7.91. The second-order valence-corrected chi connectivity index (χ2v) is 3.81. The van der Waals surface area contributed by atoms with Gasteiger partial charge in [0.1, 0.15) is 5.54 Å². The van der Waals surface area contributed by atoms with Crippen molar-refractivity contribution < 1.29 is 13.6 Å². The molecular formula is C11H9F2NO. The van der Waals surface area contributed by atoms with Crippen LogP contribution in [0.5, 0.6) is 0 Å². The maximum Gasteiger partial charge on any atom is 0.253 e. The molecule has 1 aliphatic carbocycles. The predicted octanol–water partition coefficient (Wildman–Crippen LogP) is 2.65. The lowest BCUT2D eigenvalue weighted by Gasteiger charge is -2.43. The molecule has 0 unspecified atom stereocenters. The molecule has 1 aliphatic rings. The summed E-state index contributed by atoms with van der Waals surface area (Å²) in [4.78, 5) is 13.8. The molecule has 78 valence electrons. The summed E-state index contributed by atoms with van der Waals surface area (Å²) in [7, 11) is 0. The number of hydrogen-bond donors (Lipinski definition) is 0. The Labute approximate surface area is 85.6 Å². The van der Waals surface area contributed by atoms with Crippen molar-refractivity contribution >= 4 is 6.08 Å². The fraction of sp³-hybridized carbons (Fsp3) is 0.364. The largest absolute Gasteiger partial charge is 0.253 e. The average Bonchev–Trinajstić information content (AvgIpc) is 2.16. The second kappa shape index (κ2) is 3.24. The van der Waals surface area contributed by atoms with Crippen molar-refractivity contribution in [1.82, 2.24) is 0 Å². The summed E-state index contributed by atoms with van der Waals surface area (Å²) in [6, 6.07) is 8.69. The summed E-state index contributed by atoms with van der Waals surface area (Å²) >= 11 is 0. The van der Waals surface area contributed by atoms with E-state index in [1.165, 1.54) is 6.08 Å². The van der Waals surface area contributed by atoms with Gasteiger partial charge in [-0.25, -0.2) is 13.6 Å². The number of nitrogens with zero attached hydrogens (tertiary/aromatic N) is 1. The molecule has 0 radical (unpaired) electrons. The summed E-state index contributed by atoms with van der Waals surface area (Å²) in [5, 5.41) is 0.